The second-order valence-corrected chi connectivity index (χ2v) is 15.1. The van der Waals surface area contributed by atoms with Crippen LogP contribution in [0.4, 0.5) is 0 Å². The monoisotopic (exact) mass is 577 g/mol. The van der Waals surface area contributed by atoms with Crippen molar-refractivity contribution < 1.29 is 23.7 Å². The van der Waals surface area contributed by atoms with Crippen LogP contribution in [0.3, 0.4) is 0 Å². The lowest BCUT2D eigenvalue weighted by atomic mass is 9.84. The van der Waals surface area contributed by atoms with E-state index >= 15 is 0 Å². The van der Waals surface area contributed by atoms with Gasteiger partial charge in [0, 0.05) is 36.3 Å². The van der Waals surface area contributed by atoms with Crippen molar-refractivity contribution in [3.63, 3.8) is 0 Å². The van der Waals surface area contributed by atoms with Gasteiger partial charge in [0.05, 0.1) is 44.8 Å². The predicted molar refractivity (Wildman–Crippen MR) is 165 cm³/mol. The lowest BCUT2D eigenvalue weighted by Crippen LogP contribution is -2.55. The van der Waals surface area contributed by atoms with E-state index in [1.54, 1.807) is 6.20 Å². The third kappa shape index (κ3) is 14.0. The van der Waals surface area contributed by atoms with E-state index in [1.165, 1.54) is 0 Å². The summed E-state index contributed by atoms with van der Waals surface area (Å²) in [5.41, 5.74) is 0.308. The maximum atomic E-state index is 6.07. The van der Waals surface area contributed by atoms with Crippen LogP contribution in [0.25, 0.3) is 0 Å². The van der Waals surface area contributed by atoms with E-state index in [0.717, 1.165) is 57.6 Å². The molecular weight excluding hydrogens is 518 g/mol. The van der Waals surface area contributed by atoms with Gasteiger partial charge in [0.1, 0.15) is 11.9 Å². The molecule has 2 N–H and O–H groups in total. The molecule has 0 saturated heterocycles. The molecule has 0 radical (unpaired) electrons. The van der Waals surface area contributed by atoms with Gasteiger partial charge >= 0.3 is 0 Å². The Morgan fingerprint density at radius 1 is 0.878 bits per heavy atom. The van der Waals surface area contributed by atoms with Crippen molar-refractivity contribution in [3.8, 4) is 11.6 Å². The van der Waals surface area contributed by atoms with Gasteiger partial charge in [-0.05, 0) is 84.1 Å². The summed E-state index contributed by atoms with van der Waals surface area (Å²) in [5.74, 6) is 1.92. The second-order valence-electron chi connectivity index (χ2n) is 15.1. The SMILES string of the molecule is C[C@@H](COCCO[C@H]1C[C@H](OCCNC(C)(C)C)C1)CC(C)(C)N[C@H]1C[C@@H](Oc2ccc(OCC(C)(C)C)cn2)C1. The van der Waals surface area contributed by atoms with E-state index in [2.05, 4.69) is 77.9 Å². The molecule has 236 valence electrons. The maximum absolute atomic E-state index is 6.07. The number of ether oxygens (including phenoxy) is 5. The number of aromatic nitrogens is 1. The molecule has 1 aromatic heterocycles. The molecule has 2 saturated carbocycles. The Labute approximate surface area is 250 Å². The topological polar surface area (TPSA) is 83.1 Å². The van der Waals surface area contributed by atoms with Crippen LogP contribution in [-0.4, -0.2) is 80.0 Å². The highest BCUT2D eigenvalue weighted by Gasteiger charge is 2.35. The van der Waals surface area contributed by atoms with Gasteiger partial charge in [-0.2, -0.15) is 0 Å². The minimum Gasteiger partial charge on any atom is -0.491 e. The number of nitrogens with zero attached hydrogens (tertiary/aromatic N) is 1. The van der Waals surface area contributed by atoms with Crippen LogP contribution in [0.2, 0.25) is 0 Å². The van der Waals surface area contributed by atoms with E-state index in [9.17, 15) is 0 Å². The molecule has 8 nitrogen and oxygen atoms in total. The fraction of sp³-hybridized carbons (Fsp3) is 0.848. The van der Waals surface area contributed by atoms with Gasteiger partial charge in [-0.1, -0.05) is 27.7 Å². The molecule has 2 fully saturated rings. The standard InChI is InChI=1S/C33H59N3O5/c1-24(22-37-14-15-39-28-18-27(19-28)38-13-12-35-32(5,6)7)20-33(8,9)36-25-16-29(17-25)41-30-11-10-26(21-34-30)40-23-31(2,3)4/h10-11,21,24-25,27-29,35-36H,12-20,22-23H2,1-9H3/t24-,25-,27-,28-,29+/m1/s1. The first-order chi connectivity index (χ1) is 19.2. The molecule has 0 bridgehead atoms. The molecular formula is C33H59N3O5. The third-order valence-electron chi connectivity index (χ3n) is 7.36. The first-order valence-corrected chi connectivity index (χ1v) is 15.7. The van der Waals surface area contributed by atoms with E-state index in [1.807, 2.05) is 12.1 Å². The summed E-state index contributed by atoms with van der Waals surface area (Å²) in [6, 6.07) is 4.31. The van der Waals surface area contributed by atoms with Crippen LogP contribution in [0.5, 0.6) is 11.6 Å². The van der Waals surface area contributed by atoms with Gasteiger partial charge in [-0.15, -0.1) is 0 Å². The second kappa shape index (κ2) is 15.3. The fourth-order valence-corrected chi connectivity index (χ4v) is 5.31. The fourth-order valence-electron chi connectivity index (χ4n) is 5.31. The van der Waals surface area contributed by atoms with Crippen molar-refractivity contribution in [2.75, 3.05) is 39.6 Å². The van der Waals surface area contributed by atoms with Crippen LogP contribution >= 0.6 is 0 Å². The number of hydrogen-bond donors (Lipinski definition) is 2. The average Bonchev–Trinajstić information content (AvgIpc) is 2.80. The minimum atomic E-state index is 0.0442. The lowest BCUT2D eigenvalue weighted by Gasteiger charge is -2.41. The Morgan fingerprint density at radius 2 is 1.56 bits per heavy atom. The zero-order valence-electron chi connectivity index (χ0n) is 27.4. The predicted octanol–water partition coefficient (Wildman–Crippen LogP) is 5.78. The Hall–Kier alpha value is -1.45. The largest absolute Gasteiger partial charge is 0.491 e. The molecule has 3 rings (SSSR count). The van der Waals surface area contributed by atoms with Gasteiger partial charge in [0.25, 0.3) is 0 Å². The van der Waals surface area contributed by atoms with Crippen molar-refractivity contribution in [2.24, 2.45) is 11.3 Å². The zero-order chi connectivity index (χ0) is 30.1. The van der Waals surface area contributed by atoms with Crippen molar-refractivity contribution >= 4 is 0 Å². The van der Waals surface area contributed by atoms with Crippen LogP contribution in [0.15, 0.2) is 18.3 Å². The molecule has 0 unspecified atom stereocenters. The molecule has 8 heteroatoms. The quantitative estimate of drug-likeness (QED) is 0.213. The summed E-state index contributed by atoms with van der Waals surface area (Å²) in [6.45, 7) is 24.2. The van der Waals surface area contributed by atoms with E-state index in [-0.39, 0.29) is 22.6 Å². The number of pyridine rings is 1. The highest BCUT2D eigenvalue weighted by Crippen LogP contribution is 2.29. The van der Waals surface area contributed by atoms with Crippen LogP contribution in [0.1, 0.15) is 94.4 Å². The molecule has 1 heterocycles. The Bertz CT molecular complexity index is 868. The van der Waals surface area contributed by atoms with Crippen molar-refractivity contribution in [2.45, 2.75) is 130 Å². The molecule has 1 atom stereocenters. The van der Waals surface area contributed by atoms with Gasteiger partial charge in [0.15, 0.2) is 0 Å². The van der Waals surface area contributed by atoms with Crippen LogP contribution in [-0.2, 0) is 14.2 Å². The van der Waals surface area contributed by atoms with Crippen molar-refractivity contribution in [3.05, 3.63) is 18.3 Å². The van der Waals surface area contributed by atoms with E-state index in [4.69, 9.17) is 23.7 Å². The number of rotatable bonds is 18. The summed E-state index contributed by atoms with van der Waals surface area (Å²) in [7, 11) is 0. The first-order valence-electron chi connectivity index (χ1n) is 15.7. The lowest BCUT2D eigenvalue weighted by molar-refractivity contribution is -0.110. The summed E-state index contributed by atoms with van der Waals surface area (Å²) in [5, 5.41) is 7.28. The highest BCUT2D eigenvalue weighted by molar-refractivity contribution is 5.23. The van der Waals surface area contributed by atoms with Gasteiger partial charge in [0.2, 0.25) is 5.88 Å². The molecule has 2 aliphatic carbocycles. The van der Waals surface area contributed by atoms with Crippen molar-refractivity contribution in [1.29, 1.82) is 0 Å². The molecule has 2 aliphatic rings. The maximum Gasteiger partial charge on any atom is 0.213 e. The number of hydrogen-bond acceptors (Lipinski definition) is 8. The van der Waals surface area contributed by atoms with E-state index in [0.29, 0.717) is 49.9 Å². The Kier molecular flexibility index (Phi) is 12.7. The third-order valence-corrected chi connectivity index (χ3v) is 7.36. The zero-order valence-corrected chi connectivity index (χ0v) is 27.4. The summed E-state index contributed by atoms with van der Waals surface area (Å²) < 4.78 is 29.7. The van der Waals surface area contributed by atoms with Crippen molar-refractivity contribution in [1.82, 2.24) is 15.6 Å². The van der Waals surface area contributed by atoms with Gasteiger partial charge in [-0.25, -0.2) is 4.98 Å². The molecule has 0 aliphatic heterocycles. The number of nitrogens with one attached hydrogen (secondary N) is 2. The van der Waals surface area contributed by atoms with Crippen LogP contribution < -0.4 is 20.1 Å². The summed E-state index contributed by atoms with van der Waals surface area (Å²) in [6.07, 6.45) is 7.66. The summed E-state index contributed by atoms with van der Waals surface area (Å²) in [4.78, 5) is 4.42. The Morgan fingerprint density at radius 3 is 2.17 bits per heavy atom. The normalized spacial score (nSPS) is 23.9. The minimum absolute atomic E-state index is 0.0442. The van der Waals surface area contributed by atoms with Crippen LogP contribution in [0, 0.1) is 11.3 Å². The summed E-state index contributed by atoms with van der Waals surface area (Å²) >= 11 is 0. The van der Waals surface area contributed by atoms with Gasteiger partial charge < -0.3 is 34.3 Å². The smallest absolute Gasteiger partial charge is 0.213 e. The molecule has 41 heavy (non-hydrogen) atoms. The Balaban J connectivity index is 1.18. The first kappa shape index (κ1) is 34.0. The van der Waals surface area contributed by atoms with Gasteiger partial charge in [-0.3, -0.25) is 0 Å². The molecule has 0 spiro atoms. The molecule has 0 aromatic carbocycles. The average molecular weight is 578 g/mol. The van der Waals surface area contributed by atoms with E-state index < -0.39 is 0 Å². The highest BCUT2D eigenvalue weighted by atomic mass is 16.5. The molecule has 0 amide bonds. The molecule has 1 aromatic rings.